The van der Waals surface area contributed by atoms with Gasteiger partial charge in [-0.25, -0.2) is 0 Å². The molecule has 1 aliphatic rings. The second kappa shape index (κ2) is 6.93. The summed E-state index contributed by atoms with van der Waals surface area (Å²) in [5.41, 5.74) is 8.34. The van der Waals surface area contributed by atoms with Crippen LogP contribution in [0, 0.1) is 5.41 Å². The summed E-state index contributed by atoms with van der Waals surface area (Å²) in [7, 11) is 0. The van der Waals surface area contributed by atoms with Crippen LogP contribution < -0.4 is 5.73 Å². The second-order valence-corrected chi connectivity index (χ2v) is 6.82. The Kier molecular flexibility index (Phi) is 5.45. The van der Waals surface area contributed by atoms with Crippen molar-refractivity contribution in [2.45, 2.75) is 58.4 Å². The lowest BCUT2D eigenvalue weighted by atomic mass is 9.81. The minimum atomic E-state index is 0.132. The van der Waals surface area contributed by atoms with Crippen LogP contribution in [0.1, 0.15) is 52.0 Å². The molecular weight excluding hydrogens is 256 g/mol. The van der Waals surface area contributed by atoms with E-state index in [-0.39, 0.29) is 5.54 Å². The summed E-state index contributed by atoms with van der Waals surface area (Å²) in [5.74, 6) is 0. The third kappa shape index (κ3) is 3.32. The van der Waals surface area contributed by atoms with Crippen molar-refractivity contribution in [2.75, 3.05) is 19.6 Å². The number of nitrogens with zero attached hydrogens (tertiary/aromatic N) is 1. The molecule has 0 aliphatic carbocycles. The van der Waals surface area contributed by atoms with E-state index in [4.69, 9.17) is 5.73 Å². The summed E-state index contributed by atoms with van der Waals surface area (Å²) in [6, 6.07) is 10.8. The van der Waals surface area contributed by atoms with Crippen molar-refractivity contribution in [3.63, 3.8) is 0 Å². The minimum Gasteiger partial charge on any atom is -0.329 e. The monoisotopic (exact) mass is 288 g/mol. The van der Waals surface area contributed by atoms with E-state index in [1.165, 1.54) is 37.9 Å². The van der Waals surface area contributed by atoms with Gasteiger partial charge in [-0.15, -0.1) is 0 Å². The standard InChI is InChI=1S/C19H32N2/c1-4-18(5-2)12-13-21(16-18)19(6-3,15-20)14-17-10-8-7-9-11-17/h7-11H,4-6,12-16,20H2,1-3H3. The molecule has 118 valence electrons. The van der Waals surface area contributed by atoms with Crippen molar-refractivity contribution in [3.8, 4) is 0 Å². The van der Waals surface area contributed by atoms with Gasteiger partial charge in [-0.2, -0.15) is 0 Å². The van der Waals surface area contributed by atoms with E-state index in [1.54, 1.807) is 0 Å². The highest BCUT2D eigenvalue weighted by molar-refractivity contribution is 5.19. The van der Waals surface area contributed by atoms with Crippen LogP contribution in [0.2, 0.25) is 0 Å². The molecule has 1 atom stereocenters. The number of hydrogen-bond acceptors (Lipinski definition) is 2. The molecule has 2 nitrogen and oxygen atoms in total. The van der Waals surface area contributed by atoms with Gasteiger partial charge in [0.25, 0.3) is 0 Å². The van der Waals surface area contributed by atoms with Crippen LogP contribution in [0.3, 0.4) is 0 Å². The summed E-state index contributed by atoms with van der Waals surface area (Å²) in [6.45, 7) is 10.2. The predicted molar refractivity (Wildman–Crippen MR) is 91.4 cm³/mol. The van der Waals surface area contributed by atoms with Crippen molar-refractivity contribution < 1.29 is 0 Å². The summed E-state index contributed by atoms with van der Waals surface area (Å²) < 4.78 is 0. The molecule has 0 bridgehead atoms. The lowest BCUT2D eigenvalue weighted by Crippen LogP contribution is -2.54. The van der Waals surface area contributed by atoms with Gasteiger partial charge >= 0.3 is 0 Å². The zero-order valence-electron chi connectivity index (χ0n) is 14.1. The van der Waals surface area contributed by atoms with Gasteiger partial charge in [-0.05, 0) is 49.6 Å². The van der Waals surface area contributed by atoms with E-state index in [9.17, 15) is 0 Å². The lowest BCUT2D eigenvalue weighted by Gasteiger charge is -2.42. The van der Waals surface area contributed by atoms with Crippen LogP contribution in [-0.2, 0) is 6.42 Å². The molecule has 1 aliphatic heterocycles. The molecule has 1 aromatic carbocycles. The smallest absolute Gasteiger partial charge is 0.0369 e. The Morgan fingerprint density at radius 3 is 2.29 bits per heavy atom. The highest BCUT2D eigenvalue weighted by Crippen LogP contribution is 2.41. The second-order valence-electron chi connectivity index (χ2n) is 6.82. The van der Waals surface area contributed by atoms with E-state index >= 15 is 0 Å². The quantitative estimate of drug-likeness (QED) is 0.826. The van der Waals surface area contributed by atoms with Crippen molar-refractivity contribution >= 4 is 0 Å². The topological polar surface area (TPSA) is 29.3 Å². The third-order valence-corrected chi connectivity index (χ3v) is 6.02. The largest absolute Gasteiger partial charge is 0.329 e. The maximum absolute atomic E-state index is 6.28. The van der Waals surface area contributed by atoms with Gasteiger partial charge in [0.05, 0.1) is 0 Å². The minimum absolute atomic E-state index is 0.132. The Morgan fingerprint density at radius 1 is 1.14 bits per heavy atom. The maximum atomic E-state index is 6.28. The van der Waals surface area contributed by atoms with Crippen LogP contribution in [0.5, 0.6) is 0 Å². The van der Waals surface area contributed by atoms with Gasteiger partial charge in [-0.3, -0.25) is 4.90 Å². The normalized spacial score (nSPS) is 21.3. The Bertz CT molecular complexity index is 418. The molecule has 0 radical (unpaired) electrons. The van der Waals surface area contributed by atoms with E-state index in [2.05, 4.69) is 56.0 Å². The lowest BCUT2D eigenvalue weighted by molar-refractivity contribution is 0.0980. The van der Waals surface area contributed by atoms with Crippen LogP contribution in [0.15, 0.2) is 30.3 Å². The fourth-order valence-corrected chi connectivity index (χ4v) is 3.95. The molecule has 1 fully saturated rings. The van der Waals surface area contributed by atoms with Crippen LogP contribution in [0.25, 0.3) is 0 Å². The van der Waals surface area contributed by atoms with Gasteiger partial charge in [-0.1, -0.05) is 51.1 Å². The highest BCUT2D eigenvalue weighted by Gasteiger charge is 2.43. The average molecular weight is 288 g/mol. The van der Waals surface area contributed by atoms with Gasteiger partial charge in [0.15, 0.2) is 0 Å². The number of benzene rings is 1. The number of rotatable bonds is 7. The highest BCUT2D eigenvalue weighted by atomic mass is 15.2. The summed E-state index contributed by atoms with van der Waals surface area (Å²) in [4.78, 5) is 2.70. The predicted octanol–water partition coefficient (Wildman–Crippen LogP) is 3.85. The zero-order chi connectivity index (χ0) is 15.3. The molecule has 0 amide bonds. The molecule has 2 N–H and O–H groups in total. The SMILES string of the molecule is CCC1(CC)CCN(C(CC)(CN)Cc2ccccc2)C1. The maximum Gasteiger partial charge on any atom is 0.0369 e. The van der Waals surface area contributed by atoms with Crippen molar-refractivity contribution in [3.05, 3.63) is 35.9 Å². The molecule has 2 rings (SSSR count). The molecule has 1 saturated heterocycles. The molecule has 0 spiro atoms. The van der Waals surface area contributed by atoms with Gasteiger partial charge in [0.1, 0.15) is 0 Å². The Labute approximate surface area is 130 Å². The number of nitrogens with two attached hydrogens (primary N) is 1. The van der Waals surface area contributed by atoms with Crippen LogP contribution in [-0.4, -0.2) is 30.1 Å². The molecule has 2 heteroatoms. The molecular formula is C19H32N2. The first-order valence-corrected chi connectivity index (χ1v) is 8.62. The van der Waals surface area contributed by atoms with E-state index in [0.717, 1.165) is 19.4 Å². The van der Waals surface area contributed by atoms with Crippen LogP contribution in [0.4, 0.5) is 0 Å². The van der Waals surface area contributed by atoms with Crippen molar-refractivity contribution in [1.82, 2.24) is 4.90 Å². The summed E-state index contributed by atoms with van der Waals surface area (Å²) in [6.07, 6.45) is 6.11. The Balaban J connectivity index is 2.19. The first-order chi connectivity index (χ1) is 10.1. The molecule has 1 aromatic rings. The molecule has 1 unspecified atom stereocenters. The summed E-state index contributed by atoms with van der Waals surface area (Å²) >= 11 is 0. The zero-order valence-corrected chi connectivity index (χ0v) is 14.1. The molecule has 0 aromatic heterocycles. The third-order valence-electron chi connectivity index (χ3n) is 6.02. The number of likely N-dealkylation sites (tertiary alicyclic amines) is 1. The molecule has 21 heavy (non-hydrogen) atoms. The summed E-state index contributed by atoms with van der Waals surface area (Å²) in [5, 5.41) is 0. The van der Waals surface area contributed by atoms with Gasteiger partial charge < -0.3 is 5.73 Å². The van der Waals surface area contributed by atoms with E-state index < -0.39 is 0 Å². The average Bonchev–Trinajstić information content (AvgIpc) is 2.99. The van der Waals surface area contributed by atoms with Crippen LogP contribution >= 0.6 is 0 Å². The Morgan fingerprint density at radius 2 is 1.81 bits per heavy atom. The Hall–Kier alpha value is -0.860. The van der Waals surface area contributed by atoms with Crippen molar-refractivity contribution in [1.29, 1.82) is 0 Å². The first-order valence-electron chi connectivity index (χ1n) is 8.62. The first kappa shape index (κ1) is 16.5. The van der Waals surface area contributed by atoms with E-state index in [0.29, 0.717) is 5.41 Å². The fourth-order valence-electron chi connectivity index (χ4n) is 3.95. The van der Waals surface area contributed by atoms with E-state index in [1.807, 2.05) is 0 Å². The van der Waals surface area contributed by atoms with Crippen molar-refractivity contribution in [2.24, 2.45) is 11.1 Å². The molecule has 1 heterocycles. The number of hydrogen-bond donors (Lipinski definition) is 1. The van der Waals surface area contributed by atoms with Gasteiger partial charge in [0.2, 0.25) is 0 Å². The van der Waals surface area contributed by atoms with Gasteiger partial charge in [0, 0.05) is 18.6 Å². The fraction of sp³-hybridized carbons (Fsp3) is 0.684. The molecule has 0 saturated carbocycles.